The van der Waals surface area contributed by atoms with Crippen LogP contribution in [0.25, 0.3) is 0 Å². The molecule has 2 amide bonds. The van der Waals surface area contributed by atoms with Crippen LogP contribution in [0.4, 0.5) is 0 Å². The van der Waals surface area contributed by atoms with E-state index in [4.69, 9.17) is 0 Å². The highest BCUT2D eigenvalue weighted by Crippen LogP contribution is 2.29. The quantitative estimate of drug-likeness (QED) is 0.671. The van der Waals surface area contributed by atoms with Crippen LogP contribution in [0.5, 0.6) is 0 Å². The van der Waals surface area contributed by atoms with Gasteiger partial charge in [0.25, 0.3) is 0 Å². The molecule has 2 heterocycles. The lowest BCUT2D eigenvalue weighted by molar-refractivity contribution is -0.125. The minimum atomic E-state index is -0.329. The predicted molar refractivity (Wildman–Crippen MR) is 69.0 cm³/mol. The first-order chi connectivity index (χ1) is 8.49. The first-order valence-corrected chi connectivity index (χ1v) is 6.79. The number of hydrogen-bond acceptors (Lipinski definition) is 3. The van der Waals surface area contributed by atoms with Crippen molar-refractivity contribution in [3.63, 3.8) is 0 Å². The third-order valence-electron chi connectivity index (χ3n) is 4.12. The fourth-order valence-electron chi connectivity index (χ4n) is 2.76. The molecule has 0 aromatic heterocycles. The van der Waals surface area contributed by atoms with Crippen LogP contribution in [0, 0.1) is 5.41 Å². The van der Waals surface area contributed by atoms with Crippen LogP contribution in [0.2, 0.25) is 0 Å². The van der Waals surface area contributed by atoms with Crippen LogP contribution in [0.15, 0.2) is 0 Å². The molecule has 5 nitrogen and oxygen atoms in total. The van der Waals surface area contributed by atoms with Crippen LogP contribution in [-0.4, -0.2) is 37.0 Å². The summed E-state index contributed by atoms with van der Waals surface area (Å²) in [6.45, 7) is 6.11. The van der Waals surface area contributed by atoms with Crippen molar-refractivity contribution >= 4 is 11.8 Å². The van der Waals surface area contributed by atoms with Gasteiger partial charge >= 0.3 is 0 Å². The van der Waals surface area contributed by atoms with E-state index in [9.17, 15) is 9.59 Å². The lowest BCUT2D eigenvalue weighted by Crippen LogP contribution is -2.54. The Kier molecular flexibility index (Phi) is 3.90. The molecular weight excluding hydrogens is 230 g/mol. The van der Waals surface area contributed by atoms with Gasteiger partial charge in [-0.05, 0) is 31.2 Å². The van der Waals surface area contributed by atoms with Crippen LogP contribution >= 0.6 is 0 Å². The summed E-state index contributed by atoms with van der Waals surface area (Å²) in [5, 5.41) is 9.11. The van der Waals surface area contributed by atoms with Crippen molar-refractivity contribution < 1.29 is 9.59 Å². The molecule has 0 aliphatic carbocycles. The van der Waals surface area contributed by atoms with Crippen molar-refractivity contribution in [1.82, 2.24) is 16.0 Å². The SMILES string of the molecule is CC1(C)CCCNC1CNC(=O)[C@H]1CCC(=O)N1. The van der Waals surface area contributed by atoms with E-state index >= 15 is 0 Å². The summed E-state index contributed by atoms with van der Waals surface area (Å²) < 4.78 is 0. The summed E-state index contributed by atoms with van der Waals surface area (Å²) in [5.74, 6) is -0.0738. The number of carbonyl (C=O) groups excluding carboxylic acids is 2. The lowest BCUT2D eigenvalue weighted by Gasteiger charge is -2.39. The van der Waals surface area contributed by atoms with Gasteiger partial charge in [-0.2, -0.15) is 0 Å². The topological polar surface area (TPSA) is 70.2 Å². The minimum Gasteiger partial charge on any atom is -0.353 e. The number of nitrogens with one attached hydrogen (secondary N) is 3. The van der Waals surface area contributed by atoms with Crippen molar-refractivity contribution in [2.45, 2.75) is 51.6 Å². The Morgan fingerprint density at radius 3 is 2.89 bits per heavy atom. The number of hydrogen-bond donors (Lipinski definition) is 3. The highest BCUT2D eigenvalue weighted by molar-refractivity contribution is 5.90. The number of piperidine rings is 1. The maximum Gasteiger partial charge on any atom is 0.242 e. The standard InChI is InChI=1S/C13H23N3O2/c1-13(2)6-3-7-14-10(13)8-15-12(18)9-4-5-11(17)16-9/h9-10,14H,3-8H2,1-2H3,(H,15,18)(H,16,17)/t9-,10?/m1/s1. The molecule has 2 saturated heterocycles. The number of amides is 2. The molecule has 2 aliphatic rings. The Morgan fingerprint density at radius 1 is 1.50 bits per heavy atom. The Bertz CT molecular complexity index is 341. The Labute approximate surface area is 108 Å². The van der Waals surface area contributed by atoms with Crippen molar-refractivity contribution in [1.29, 1.82) is 0 Å². The molecule has 2 aliphatic heterocycles. The number of carbonyl (C=O) groups is 2. The van der Waals surface area contributed by atoms with Crippen LogP contribution in [-0.2, 0) is 9.59 Å². The van der Waals surface area contributed by atoms with Gasteiger partial charge < -0.3 is 16.0 Å². The minimum absolute atomic E-state index is 0.0220. The van der Waals surface area contributed by atoms with Crippen LogP contribution in [0.1, 0.15) is 39.5 Å². The second-order valence-corrected chi connectivity index (χ2v) is 6.00. The molecule has 3 N–H and O–H groups in total. The molecule has 0 spiro atoms. The van der Waals surface area contributed by atoms with Gasteiger partial charge in [-0.1, -0.05) is 13.8 Å². The molecule has 0 saturated carbocycles. The predicted octanol–water partition coefficient (Wildman–Crippen LogP) is 0.159. The number of rotatable bonds is 3. The summed E-state index contributed by atoms with van der Waals surface area (Å²) in [6.07, 6.45) is 3.45. The summed E-state index contributed by atoms with van der Waals surface area (Å²) in [7, 11) is 0. The second kappa shape index (κ2) is 5.26. The fraction of sp³-hybridized carbons (Fsp3) is 0.846. The molecule has 102 valence electrons. The third kappa shape index (κ3) is 3.02. The maximum atomic E-state index is 11.9. The highest BCUT2D eigenvalue weighted by atomic mass is 16.2. The average Bonchev–Trinajstić information content (AvgIpc) is 2.73. The van der Waals surface area contributed by atoms with E-state index in [2.05, 4.69) is 29.8 Å². The first kappa shape index (κ1) is 13.3. The summed E-state index contributed by atoms with van der Waals surface area (Å²) in [6, 6.07) is -0.0171. The monoisotopic (exact) mass is 253 g/mol. The molecule has 5 heteroatoms. The van der Waals surface area contributed by atoms with E-state index < -0.39 is 0 Å². The van der Waals surface area contributed by atoms with Crippen LogP contribution < -0.4 is 16.0 Å². The van der Waals surface area contributed by atoms with E-state index in [1.807, 2.05) is 0 Å². The summed E-state index contributed by atoms with van der Waals surface area (Å²) in [5.41, 5.74) is 0.213. The van der Waals surface area contributed by atoms with Gasteiger partial charge in [0.15, 0.2) is 0 Å². The fourth-order valence-corrected chi connectivity index (χ4v) is 2.76. The van der Waals surface area contributed by atoms with Crippen molar-refractivity contribution in [3.05, 3.63) is 0 Å². The molecule has 0 radical (unpaired) electrons. The van der Waals surface area contributed by atoms with Gasteiger partial charge in [-0.3, -0.25) is 9.59 Å². The van der Waals surface area contributed by atoms with E-state index in [0.717, 1.165) is 6.54 Å². The third-order valence-corrected chi connectivity index (χ3v) is 4.12. The van der Waals surface area contributed by atoms with Crippen molar-refractivity contribution in [3.8, 4) is 0 Å². The molecular formula is C13H23N3O2. The van der Waals surface area contributed by atoms with Crippen molar-refractivity contribution in [2.75, 3.05) is 13.1 Å². The lowest BCUT2D eigenvalue weighted by atomic mass is 9.77. The Morgan fingerprint density at radius 2 is 2.28 bits per heavy atom. The highest BCUT2D eigenvalue weighted by Gasteiger charge is 2.33. The van der Waals surface area contributed by atoms with Gasteiger partial charge in [0, 0.05) is 19.0 Å². The Hall–Kier alpha value is -1.10. The molecule has 0 aromatic rings. The van der Waals surface area contributed by atoms with Gasteiger partial charge in [-0.15, -0.1) is 0 Å². The van der Waals surface area contributed by atoms with Gasteiger partial charge in [-0.25, -0.2) is 0 Å². The molecule has 2 rings (SSSR count). The van der Waals surface area contributed by atoms with Gasteiger partial charge in [0.05, 0.1) is 0 Å². The molecule has 2 atom stereocenters. The largest absolute Gasteiger partial charge is 0.353 e. The summed E-state index contributed by atoms with van der Waals surface area (Å²) >= 11 is 0. The zero-order valence-electron chi connectivity index (χ0n) is 11.2. The zero-order valence-corrected chi connectivity index (χ0v) is 11.2. The molecule has 0 bridgehead atoms. The zero-order chi connectivity index (χ0) is 13.2. The van der Waals surface area contributed by atoms with Crippen LogP contribution in [0.3, 0.4) is 0 Å². The normalized spacial score (nSPS) is 30.9. The average molecular weight is 253 g/mol. The summed E-state index contributed by atoms with van der Waals surface area (Å²) in [4.78, 5) is 23.0. The van der Waals surface area contributed by atoms with E-state index in [-0.39, 0.29) is 23.3 Å². The van der Waals surface area contributed by atoms with Gasteiger partial charge in [0.1, 0.15) is 6.04 Å². The second-order valence-electron chi connectivity index (χ2n) is 6.00. The maximum absolute atomic E-state index is 11.9. The van der Waals surface area contributed by atoms with E-state index in [0.29, 0.717) is 25.4 Å². The molecule has 0 aromatic carbocycles. The smallest absolute Gasteiger partial charge is 0.242 e. The molecule has 18 heavy (non-hydrogen) atoms. The Balaban J connectivity index is 1.80. The van der Waals surface area contributed by atoms with Crippen molar-refractivity contribution in [2.24, 2.45) is 5.41 Å². The first-order valence-electron chi connectivity index (χ1n) is 6.79. The van der Waals surface area contributed by atoms with E-state index in [1.54, 1.807) is 0 Å². The van der Waals surface area contributed by atoms with E-state index in [1.165, 1.54) is 12.8 Å². The molecule has 1 unspecified atom stereocenters. The molecule has 2 fully saturated rings. The van der Waals surface area contributed by atoms with Gasteiger partial charge in [0.2, 0.25) is 11.8 Å².